The number of amides is 2. The molecule has 4 aromatic rings. The smallest absolute Gasteiger partial charge is 0.317 e. The molecule has 2 aliphatic heterocycles. The lowest BCUT2D eigenvalue weighted by atomic mass is 9.89. The molecule has 9 heteroatoms. The summed E-state index contributed by atoms with van der Waals surface area (Å²) in [5.74, 6) is 0.191. The van der Waals surface area contributed by atoms with E-state index in [4.69, 9.17) is 0 Å². The van der Waals surface area contributed by atoms with Gasteiger partial charge in [-0.1, -0.05) is 11.3 Å². The monoisotopic (exact) mass is 486 g/mol. The molecule has 36 heavy (non-hydrogen) atoms. The second kappa shape index (κ2) is 9.39. The van der Waals surface area contributed by atoms with Crippen LogP contribution in [0.4, 0.5) is 9.18 Å². The number of hydrogen-bond donors (Lipinski definition) is 1. The van der Waals surface area contributed by atoms with Gasteiger partial charge < -0.3 is 19.7 Å². The van der Waals surface area contributed by atoms with E-state index in [-0.39, 0.29) is 11.8 Å². The van der Waals surface area contributed by atoms with Crippen LogP contribution < -0.4 is 5.32 Å². The first-order valence-electron chi connectivity index (χ1n) is 12.6. The van der Waals surface area contributed by atoms with Crippen molar-refractivity contribution >= 4 is 16.9 Å². The van der Waals surface area contributed by atoms with E-state index < -0.39 is 0 Å². The molecule has 0 bridgehead atoms. The fourth-order valence-electron chi connectivity index (χ4n) is 5.49. The highest BCUT2D eigenvalue weighted by atomic mass is 19.1. The van der Waals surface area contributed by atoms with E-state index in [1.165, 1.54) is 23.1 Å². The fourth-order valence-corrected chi connectivity index (χ4v) is 5.49. The third-order valence-electron chi connectivity index (χ3n) is 7.50. The minimum atomic E-state index is -0.237. The molecule has 8 nitrogen and oxygen atoms in total. The molecule has 1 N–H and O–H groups in total. The average Bonchev–Trinajstić information content (AvgIpc) is 3.62. The van der Waals surface area contributed by atoms with Crippen molar-refractivity contribution in [2.24, 2.45) is 7.05 Å². The highest BCUT2D eigenvalue weighted by Crippen LogP contribution is 2.37. The first-order valence-corrected chi connectivity index (χ1v) is 12.6. The van der Waals surface area contributed by atoms with E-state index in [1.54, 1.807) is 4.68 Å². The van der Waals surface area contributed by atoms with Gasteiger partial charge in [-0.2, -0.15) is 0 Å². The molecule has 0 unspecified atom stereocenters. The Morgan fingerprint density at radius 2 is 1.83 bits per heavy atom. The minimum absolute atomic E-state index is 0.0531. The van der Waals surface area contributed by atoms with Crippen LogP contribution in [0.25, 0.3) is 27.8 Å². The summed E-state index contributed by atoms with van der Waals surface area (Å²) >= 11 is 0. The molecule has 186 valence electrons. The number of carbonyl (C=O) groups is 1. The van der Waals surface area contributed by atoms with Crippen molar-refractivity contribution in [2.45, 2.75) is 18.8 Å². The van der Waals surface area contributed by atoms with Gasteiger partial charge in [-0.3, -0.25) is 4.68 Å². The van der Waals surface area contributed by atoms with Crippen LogP contribution in [0.2, 0.25) is 0 Å². The molecule has 2 aromatic carbocycles. The van der Waals surface area contributed by atoms with Crippen LogP contribution in [0.3, 0.4) is 0 Å². The molecule has 2 aliphatic rings. The molecule has 2 saturated heterocycles. The van der Waals surface area contributed by atoms with E-state index in [2.05, 4.69) is 49.5 Å². The molecule has 2 aromatic heterocycles. The Kier molecular flexibility index (Phi) is 5.92. The van der Waals surface area contributed by atoms with Crippen LogP contribution in [0.5, 0.6) is 0 Å². The Morgan fingerprint density at radius 1 is 1.03 bits per heavy atom. The Bertz CT molecular complexity index is 1390. The number of nitrogens with one attached hydrogen (secondary N) is 1. The SMILES string of the molecule is [11CH3]n1cc(-c2ccc3c(c2)c(C2CCN(CCN4CCNC4=O)CC2)cn3-c2ccc(F)cc2)nn1. The summed E-state index contributed by atoms with van der Waals surface area (Å²) < 4.78 is 17.5. The van der Waals surface area contributed by atoms with E-state index in [0.717, 1.165) is 74.6 Å². The number of fused-ring (bicyclic) bond motifs is 1. The molecule has 0 atom stereocenters. The van der Waals surface area contributed by atoms with Gasteiger partial charge in [0.2, 0.25) is 0 Å². The Labute approximate surface area is 209 Å². The number of piperidine rings is 1. The van der Waals surface area contributed by atoms with Gasteiger partial charge in [0.1, 0.15) is 11.5 Å². The average molecular weight is 487 g/mol. The number of nitrogens with zero attached hydrogens (tertiary/aromatic N) is 6. The van der Waals surface area contributed by atoms with Crippen molar-refractivity contribution in [3.8, 4) is 16.9 Å². The van der Waals surface area contributed by atoms with Gasteiger partial charge >= 0.3 is 6.03 Å². The zero-order chi connectivity index (χ0) is 24.6. The predicted molar refractivity (Wildman–Crippen MR) is 137 cm³/mol. The molecule has 0 spiro atoms. The summed E-state index contributed by atoms with van der Waals surface area (Å²) in [6, 6.07) is 13.1. The third-order valence-corrected chi connectivity index (χ3v) is 7.50. The standard InChI is InChI=1S/C27H30FN7O/c1-32-18-25(30-31-32)20-2-7-26-23(16-20)24(17-35(26)22-5-3-21(28)4-6-22)19-8-11-33(12-9-19)14-15-34-13-10-29-27(34)36/h2-7,16-19H,8-15H2,1H3,(H,29,36)/i1-1. The lowest BCUT2D eigenvalue weighted by molar-refractivity contribution is 0.181. The van der Waals surface area contributed by atoms with Crippen LogP contribution in [-0.2, 0) is 7.05 Å². The molecule has 2 amide bonds. The molecular formula is C27H30FN7O. The number of halogens is 1. The highest BCUT2D eigenvalue weighted by molar-refractivity contribution is 5.90. The molecular weight excluding hydrogens is 456 g/mol. The van der Waals surface area contributed by atoms with Crippen molar-refractivity contribution in [2.75, 3.05) is 39.3 Å². The highest BCUT2D eigenvalue weighted by Gasteiger charge is 2.26. The largest absolute Gasteiger partial charge is 0.336 e. The Hall–Kier alpha value is -3.72. The molecule has 6 rings (SSSR count). The first kappa shape index (κ1) is 22.7. The van der Waals surface area contributed by atoms with Gasteiger partial charge in [0, 0.05) is 56.1 Å². The number of carbonyl (C=O) groups excluding carboxylic acids is 1. The number of benzene rings is 2. The third kappa shape index (κ3) is 4.35. The summed E-state index contributed by atoms with van der Waals surface area (Å²) in [7, 11) is 1.87. The van der Waals surface area contributed by atoms with E-state index >= 15 is 0 Å². The van der Waals surface area contributed by atoms with E-state index in [9.17, 15) is 9.18 Å². The fraction of sp³-hybridized carbons (Fsp3) is 0.370. The number of urea groups is 1. The molecule has 0 radical (unpaired) electrons. The second-order valence-corrected chi connectivity index (χ2v) is 9.78. The summed E-state index contributed by atoms with van der Waals surface area (Å²) in [4.78, 5) is 16.2. The van der Waals surface area contributed by atoms with E-state index in [1.807, 2.05) is 30.3 Å². The quantitative estimate of drug-likeness (QED) is 0.451. The Balaban J connectivity index is 1.28. The minimum Gasteiger partial charge on any atom is -0.336 e. The maximum atomic E-state index is 13.6. The summed E-state index contributed by atoms with van der Waals surface area (Å²) in [5.41, 5.74) is 5.25. The van der Waals surface area contributed by atoms with Gasteiger partial charge in [-0.15, -0.1) is 5.10 Å². The molecule has 0 saturated carbocycles. The zero-order valence-corrected chi connectivity index (χ0v) is 20.4. The summed E-state index contributed by atoms with van der Waals surface area (Å²) in [6.45, 7) is 5.25. The second-order valence-electron chi connectivity index (χ2n) is 9.78. The van der Waals surface area contributed by atoms with Gasteiger partial charge in [-0.05, 0) is 73.8 Å². The number of aryl methyl sites for hydroxylation is 1. The van der Waals surface area contributed by atoms with Crippen LogP contribution in [-0.4, -0.2) is 74.7 Å². The van der Waals surface area contributed by atoms with Crippen LogP contribution in [0, 0.1) is 5.82 Å². The molecule has 4 heterocycles. The van der Waals surface area contributed by atoms with Crippen molar-refractivity contribution in [3.63, 3.8) is 0 Å². The molecule has 0 aliphatic carbocycles. The number of likely N-dealkylation sites (tertiary alicyclic amines) is 1. The van der Waals surface area contributed by atoms with Gasteiger partial charge in [0.25, 0.3) is 0 Å². The van der Waals surface area contributed by atoms with Gasteiger partial charge in [-0.25, -0.2) is 9.18 Å². The first-order chi connectivity index (χ1) is 17.5. The lowest BCUT2D eigenvalue weighted by Crippen LogP contribution is -2.40. The van der Waals surface area contributed by atoms with Gasteiger partial charge in [0.05, 0.1) is 11.7 Å². The Morgan fingerprint density at radius 3 is 2.53 bits per heavy atom. The lowest BCUT2D eigenvalue weighted by Gasteiger charge is -2.32. The number of aromatic nitrogens is 4. The number of rotatable bonds is 6. The van der Waals surface area contributed by atoms with Crippen molar-refractivity contribution in [3.05, 3.63) is 66.2 Å². The molecule has 2 fully saturated rings. The maximum absolute atomic E-state index is 13.6. The summed E-state index contributed by atoms with van der Waals surface area (Å²) in [5, 5.41) is 12.5. The normalized spacial score (nSPS) is 17.3. The van der Waals surface area contributed by atoms with Gasteiger partial charge in [0.15, 0.2) is 0 Å². The maximum Gasteiger partial charge on any atom is 0.317 e. The zero-order valence-electron chi connectivity index (χ0n) is 20.4. The predicted octanol–water partition coefficient (Wildman–Crippen LogP) is 3.77. The van der Waals surface area contributed by atoms with Crippen LogP contribution in [0.1, 0.15) is 24.3 Å². The number of hydrogen-bond acceptors (Lipinski definition) is 4. The van der Waals surface area contributed by atoms with Crippen molar-refractivity contribution in [1.82, 2.24) is 34.7 Å². The van der Waals surface area contributed by atoms with Crippen LogP contribution >= 0.6 is 0 Å². The van der Waals surface area contributed by atoms with Crippen molar-refractivity contribution in [1.29, 1.82) is 0 Å². The van der Waals surface area contributed by atoms with Crippen LogP contribution in [0.15, 0.2) is 54.9 Å². The topological polar surface area (TPSA) is 71.2 Å². The summed E-state index contributed by atoms with van der Waals surface area (Å²) in [6.07, 6.45) is 6.28. The van der Waals surface area contributed by atoms with E-state index in [0.29, 0.717) is 5.92 Å². The van der Waals surface area contributed by atoms with Crippen molar-refractivity contribution < 1.29 is 9.18 Å².